The molecule has 7 nitrogen and oxygen atoms in total. The maximum Gasteiger partial charge on any atom is 0.227 e. The molecule has 1 N–H and O–H groups in total. The van der Waals surface area contributed by atoms with Gasteiger partial charge in [-0.05, 0) is 23.8 Å². The molecule has 0 aliphatic carbocycles. The lowest BCUT2D eigenvalue weighted by atomic mass is 10.1. The number of ether oxygens (including phenoxy) is 1. The molecule has 0 unspecified atom stereocenters. The number of rotatable bonds is 7. The van der Waals surface area contributed by atoms with Crippen molar-refractivity contribution in [2.45, 2.75) is 6.42 Å². The van der Waals surface area contributed by atoms with Gasteiger partial charge in [-0.25, -0.2) is 14.6 Å². The molecule has 0 bridgehead atoms. The van der Waals surface area contributed by atoms with Crippen LogP contribution in [-0.4, -0.2) is 32.3 Å². The molecule has 1 amide bonds. The second-order valence-corrected chi connectivity index (χ2v) is 6.22. The lowest BCUT2D eigenvalue weighted by molar-refractivity contribution is -0.116. The van der Waals surface area contributed by atoms with E-state index in [0.29, 0.717) is 11.5 Å². The number of anilines is 1. The van der Waals surface area contributed by atoms with E-state index in [9.17, 15) is 4.79 Å². The molecule has 2 aromatic heterocycles. The van der Waals surface area contributed by atoms with Crippen LogP contribution < -0.4 is 10.1 Å². The van der Waals surface area contributed by atoms with Gasteiger partial charge >= 0.3 is 0 Å². The SMILES string of the molecule is O=C(CCOc1ccccc1-c1ccccc1)Nc1cccnc1-n1cncn1. The van der Waals surface area contributed by atoms with Crippen LogP contribution in [0.15, 0.2) is 85.6 Å². The van der Waals surface area contributed by atoms with Crippen molar-refractivity contribution < 1.29 is 9.53 Å². The molecule has 0 saturated carbocycles. The molecular formula is C22H19N5O2. The van der Waals surface area contributed by atoms with Crippen LogP contribution >= 0.6 is 0 Å². The second-order valence-electron chi connectivity index (χ2n) is 6.22. The summed E-state index contributed by atoms with van der Waals surface area (Å²) in [4.78, 5) is 20.6. The number of nitrogens with zero attached hydrogens (tertiary/aromatic N) is 4. The van der Waals surface area contributed by atoms with E-state index in [0.717, 1.165) is 16.9 Å². The highest BCUT2D eigenvalue weighted by Crippen LogP contribution is 2.29. The molecule has 29 heavy (non-hydrogen) atoms. The fourth-order valence-corrected chi connectivity index (χ4v) is 2.91. The van der Waals surface area contributed by atoms with Crippen LogP contribution in [0.3, 0.4) is 0 Å². The molecule has 144 valence electrons. The van der Waals surface area contributed by atoms with Gasteiger partial charge in [-0.1, -0.05) is 48.5 Å². The minimum atomic E-state index is -0.170. The van der Waals surface area contributed by atoms with Crippen molar-refractivity contribution in [3.05, 3.63) is 85.6 Å². The van der Waals surface area contributed by atoms with Gasteiger partial charge in [-0.2, -0.15) is 5.10 Å². The Bertz CT molecular complexity index is 1080. The highest BCUT2D eigenvalue weighted by Gasteiger charge is 2.11. The Morgan fingerprint density at radius 2 is 1.83 bits per heavy atom. The quantitative estimate of drug-likeness (QED) is 0.524. The maximum atomic E-state index is 12.4. The van der Waals surface area contributed by atoms with E-state index in [1.54, 1.807) is 18.3 Å². The van der Waals surface area contributed by atoms with Gasteiger partial charge in [-0.3, -0.25) is 4.79 Å². The molecule has 4 rings (SSSR count). The highest BCUT2D eigenvalue weighted by atomic mass is 16.5. The maximum absolute atomic E-state index is 12.4. The summed E-state index contributed by atoms with van der Waals surface area (Å²) in [5.74, 6) is 1.08. The van der Waals surface area contributed by atoms with Gasteiger partial charge in [0.2, 0.25) is 5.91 Å². The molecule has 7 heteroatoms. The molecule has 0 saturated heterocycles. The summed E-state index contributed by atoms with van der Waals surface area (Å²) in [5.41, 5.74) is 2.63. The predicted octanol–water partition coefficient (Wildman–Crippen LogP) is 3.74. The van der Waals surface area contributed by atoms with E-state index in [2.05, 4.69) is 20.4 Å². The summed E-state index contributed by atoms with van der Waals surface area (Å²) in [7, 11) is 0. The first-order valence-corrected chi connectivity index (χ1v) is 9.18. The Morgan fingerprint density at radius 3 is 2.66 bits per heavy atom. The van der Waals surface area contributed by atoms with Gasteiger partial charge in [0.25, 0.3) is 0 Å². The number of pyridine rings is 1. The standard InChI is InChI=1S/C22H19N5O2/c28-21(26-19-10-6-13-24-22(19)27-16-23-15-25-27)12-14-29-20-11-5-4-9-18(20)17-7-2-1-3-8-17/h1-11,13,15-16H,12,14H2,(H,26,28). The van der Waals surface area contributed by atoms with E-state index in [1.807, 2.05) is 54.6 Å². The molecule has 0 aliphatic rings. The smallest absolute Gasteiger partial charge is 0.227 e. The average Bonchev–Trinajstić information content (AvgIpc) is 3.30. The van der Waals surface area contributed by atoms with Crippen LogP contribution in [0.1, 0.15) is 6.42 Å². The molecule has 0 spiro atoms. The third-order valence-electron chi connectivity index (χ3n) is 4.26. The van der Waals surface area contributed by atoms with E-state index < -0.39 is 0 Å². The van der Waals surface area contributed by atoms with Crippen molar-refractivity contribution in [1.29, 1.82) is 0 Å². The molecule has 2 heterocycles. The number of aromatic nitrogens is 4. The number of hydrogen-bond donors (Lipinski definition) is 1. The number of benzene rings is 2. The van der Waals surface area contributed by atoms with Crippen LogP contribution in [-0.2, 0) is 4.79 Å². The number of amides is 1. The second kappa shape index (κ2) is 8.79. The zero-order chi connectivity index (χ0) is 19.9. The van der Waals surface area contributed by atoms with Crippen molar-refractivity contribution in [3.63, 3.8) is 0 Å². The normalized spacial score (nSPS) is 10.5. The van der Waals surface area contributed by atoms with Gasteiger partial charge in [0.05, 0.1) is 18.7 Å². The van der Waals surface area contributed by atoms with Crippen LogP contribution in [0.4, 0.5) is 5.69 Å². The Labute approximate surface area is 168 Å². The predicted molar refractivity (Wildman–Crippen MR) is 110 cm³/mol. The van der Waals surface area contributed by atoms with Crippen LogP contribution in [0, 0.1) is 0 Å². The first-order valence-electron chi connectivity index (χ1n) is 9.18. The van der Waals surface area contributed by atoms with Gasteiger partial charge in [0.1, 0.15) is 18.4 Å². The van der Waals surface area contributed by atoms with Gasteiger partial charge in [0, 0.05) is 11.8 Å². The highest BCUT2D eigenvalue weighted by molar-refractivity contribution is 5.92. The Kier molecular flexibility index (Phi) is 5.57. The fraction of sp³-hybridized carbons (Fsp3) is 0.0909. The van der Waals surface area contributed by atoms with E-state index in [1.165, 1.54) is 17.3 Å². The Morgan fingerprint density at radius 1 is 1.00 bits per heavy atom. The number of para-hydroxylation sites is 1. The third-order valence-corrected chi connectivity index (χ3v) is 4.26. The summed E-state index contributed by atoms with van der Waals surface area (Å²) in [5, 5.41) is 6.92. The number of nitrogens with one attached hydrogen (secondary N) is 1. The van der Waals surface area contributed by atoms with E-state index in [4.69, 9.17) is 4.74 Å². The number of carbonyl (C=O) groups is 1. The molecule has 0 atom stereocenters. The zero-order valence-corrected chi connectivity index (χ0v) is 15.6. The summed E-state index contributed by atoms with van der Waals surface area (Å²) in [6, 6.07) is 21.3. The minimum absolute atomic E-state index is 0.170. The van der Waals surface area contributed by atoms with Crippen LogP contribution in [0.25, 0.3) is 16.9 Å². The van der Waals surface area contributed by atoms with Crippen LogP contribution in [0.5, 0.6) is 5.75 Å². The molecule has 4 aromatic rings. The van der Waals surface area contributed by atoms with E-state index in [-0.39, 0.29) is 18.9 Å². The summed E-state index contributed by atoms with van der Waals surface area (Å²) in [6.07, 6.45) is 4.78. The summed E-state index contributed by atoms with van der Waals surface area (Å²) < 4.78 is 7.40. The van der Waals surface area contributed by atoms with Gasteiger partial charge in [0.15, 0.2) is 5.82 Å². The Hall–Kier alpha value is -4.00. The lowest BCUT2D eigenvalue weighted by Crippen LogP contribution is -2.17. The third kappa shape index (κ3) is 4.47. The number of hydrogen-bond acceptors (Lipinski definition) is 5. The molecular weight excluding hydrogens is 366 g/mol. The van der Waals surface area contributed by atoms with Crippen molar-refractivity contribution in [2.75, 3.05) is 11.9 Å². The topological polar surface area (TPSA) is 81.9 Å². The zero-order valence-electron chi connectivity index (χ0n) is 15.6. The van der Waals surface area contributed by atoms with Crippen molar-refractivity contribution in [1.82, 2.24) is 19.7 Å². The van der Waals surface area contributed by atoms with Crippen molar-refractivity contribution in [3.8, 4) is 22.7 Å². The van der Waals surface area contributed by atoms with Crippen molar-refractivity contribution >= 4 is 11.6 Å². The van der Waals surface area contributed by atoms with E-state index >= 15 is 0 Å². The monoisotopic (exact) mass is 385 g/mol. The summed E-state index contributed by atoms with van der Waals surface area (Å²) in [6.45, 7) is 0.259. The summed E-state index contributed by atoms with van der Waals surface area (Å²) >= 11 is 0. The number of carbonyl (C=O) groups excluding carboxylic acids is 1. The lowest BCUT2D eigenvalue weighted by Gasteiger charge is -2.12. The molecule has 0 radical (unpaired) electrons. The largest absolute Gasteiger partial charge is 0.492 e. The molecule has 0 fully saturated rings. The van der Waals surface area contributed by atoms with Crippen LogP contribution in [0.2, 0.25) is 0 Å². The minimum Gasteiger partial charge on any atom is -0.492 e. The first kappa shape index (κ1) is 18.4. The van der Waals surface area contributed by atoms with Gasteiger partial charge in [-0.15, -0.1) is 0 Å². The van der Waals surface area contributed by atoms with Crippen molar-refractivity contribution in [2.24, 2.45) is 0 Å². The first-order chi connectivity index (χ1) is 14.3. The molecule has 0 aliphatic heterocycles. The average molecular weight is 385 g/mol. The molecule has 2 aromatic carbocycles. The van der Waals surface area contributed by atoms with Gasteiger partial charge < -0.3 is 10.1 Å². The fourth-order valence-electron chi connectivity index (χ4n) is 2.91. The Balaban J connectivity index is 1.39.